The first-order valence-corrected chi connectivity index (χ1v) is 3.62. The molecule has 1 amide bonds. The summed E-state index contributed by atoms with van der Waals surface area (Å²) in [5.41, 5.74) is 5.33. The Bertz CT molecular complexity index is 126. The summed E-state index contributed by atoms with van der Waals surface area (Å²) in [6.07, 6.45) is 0. The first-order chi connectivity index (χ1) is 5.07. The highest BCUT2D eigenvalue weighted by atomic mass is 16.5. The van der Waals surface area contributed by atoms with Gasteiger partial charge in [0.05, 0.1) is 12.6 Å². The van der Waals surface area contributed by atoms with Crippen molar-refractivity contribution in [1.29, 1.82) is 0 Å². The molecule has 0 rings (SSSR count). The van der Waals surface area contributed by atoms with Crippen molar-refractivity contribution in [3.05, 3.63) is 0 Å². The van der Waals surface area contributed by atoms with Crippen molar-refractivity contribution in [3.63, 3.8) is 0 Å². The van der Waals surface area contributed by atoms with Crippen molar-refractivity contribution < 1.29 is 9.53 Å². The molecule has 0 bridgehead atoms. The van der Waals surface area contributed by atoms with Crippen LogP contribution in [0.2, 0.25) is 0 Å². The van der Waals surface area contributed by atoms with Crippen LogP contribution < -0.4 is 11.1 Å². The normalized spacial score (nSPS) is 15.6. The van der Waals surface area contributed by atoms with Gasteiger partial charge in [0.2, 0.25) is 5.91 Å². The zero-order valence-corrected chi connectivity index (χ0v) is 7.26. The molecule has 4 nitrogen and oxygen atoms in total. The number of nitrogens with two attached hydrogens (primary N) is 1. The smallest absolute Gasteiger partial charge is 0.236 e. The van der Waals surface area contributed by atoms with Crippen molar-refractivity contribution in [2.75, 3.05) is 13.7 Å². The largest absolute Gasteiger partial charge is 0.383 e. The second-order valence-corrected chi connectivity index (χ2v) is 2.65. The van der Waals surface area contributed by atoms with E-state index >= 15 is 0 Å². The molecule has 0 radical (unpaired) electrons. The molecular formula is C7H16N2O2. The average Bonchev–Trinajstić information content (AvgIpc) is 1.87. The number of nitrogens with one attached hydrogen (secondary N) is 1. The van der Waals surface area contributed by atoms with Crippen LogP contribution in [-0.2, 0) is 9.53 Å². The monoisotopic (exact) mass is 160 g/mol. The summed E-state index contributed by atoms with van der Waals surface area (Å²) >= 11 is 0. The molecule has 0 saturated carbocycles. The van der Waals surface area contributed by atoms with Crippen molar-refractivity contribution in [3.8, 4) is 0 Å². The molecule has 0 aromatic carbocycles. The predicted molar refractivity (Wildman–Crippen MR) is 43.1 cm³/mol. The van der Waals surface area contributed by atoms with Crippen LogP contribution in [0.5, 0.6) is 0 Å². The summed E-state index contributed by atoms with van der Waals surface area (Å²) in [5.74, 6) is -0.144. The highest BCUT2D eigenvalue weighted by Gasteiger charge is 2.09. The standard InChI is InChI=1S/C7H16N2O2/c1-5(4-11-3)9-7(10)6(2)8/h5-6H,4,8H2,1-3H3,(H,9,10). The second-order valence-electron chi connectivity index (χ2n) is 2.65. The van der Waals surface area contributed by atoms with Crippen LogP contribution in [0.15, 0.2) is 0 Å². The molecule has 11 heavy (non-hydrogen) atoms. The summed E-state index contributed by atoms with van der Waals surface area (Å²) in [4.78, 5) is 10.9. The van der Waals surface area contributed by atoms with E-state index in [0.717, 1.165) is 0 Å². The van der Waals surface area contributed by atoms with Crippen LogP contribution in [-0.4, -0.2) is 31.7 Å². The Balaban J connectivity index is 3.57. The van der Waals surface area contributed by atoms with Gasteiger partial charge in [-0.05, 0) is 13.8 Å². The maximum absolute atomic E-state index is 10.9. The lowest BCUT2D eigenvalue weighted by atomic mass is 10.3. The number of carbonyl (C=O) groups is 1. The van der Waals surface area contributed by atoms with E-state index in [9.17, 15) is 4.79 Å². The van der Waals surface area contributed by atoms with Crippen LogP contribution in [0.1, 0.15) is 13.8 Å². The highest BCUT2D eigenvalue weighted by molar-refractivity contribution is 5.81. The molecule has 0 aliphatic heterocycles. The number of carbonyl (C=O) groups excluding carboxylic acids is 1. The molecule has 2 atom stereocenters. The maximum atomic E-state index is 10.9. The number of ether oxygens (including phenoxy) is 1. The van der Waals surface area contributed by atoms with Crippen LogP contribution in [0, 0.1) is 0 Å². The average molecular weight is 160 g/mol. The first-order valence-electron chi connectivity index (χ1n) is 3.62. The minimum atomic E-state index is -0.450. The molecule has 3 N–H and O–H groups in total. The highest BCUT2D eigenvalue weighted by Crippen LogP contribution is 1.83. The lowest BCUT2D eigenvalue weighted by molar-refractivity contribution is -0.122. The Hall–Kier alpha value is -0.610. The van der Waals surface area contributed by atoms with Gasteiger partial charge in [-0.1, -0.05) is 0 Å². The summed E-state index contributed by atoms with van der Waals surface area (Å²) in [5, 5.41) is 2.69. The van der Waals surface area contributed by atoms with Gasteiger partial charge in [-0.3, -0.25) is 4.79 Å². The molecule has 4 heteroatoms. The van der Waals surface area contributed by atoms with Gasteiger partial charge in [-0.15, -0.1) is 0 Å². The third-order valence-electron chi connectivity index (χ3n) is 1.22. The van der Waals surface area contributed by atoms with Gasteiger partial charge in [0.1, 0.15) is 0 Å². The van der Waals surface area contributed by atoms with Crippen LogP contribution in [0.4, 0.5) is 0 Å². The van der Waals surface area contributed by atoms with Crippen molar-refractivity contribution in [1.82, 2.24) is 5.32 Å². The molecule has 0 fully saturated rings. The number of amides is 1. The zero-order chi connectivity index (χ0) is 8.85. The van der Waals surface area contributed by atoms with Gasteiger partial charge in [0.25, 0.3) is 0 Å². The van der Waals surface area contributed by atoms with E-state index < -0.39 is 6.04 Å². The van der Waals surface area contributed by atoms with Crippen molar-refractivity contribution in [2.24, 2.45) is 5.73 Å². The lowest BCUT2D eigenvalue weighted by Crippen LogP contribution is -2.44. The quantitative estimate of drug-likeness (QED) is 0.582. The van der Waals surface area contributed by atoms with Crippen LogP contribution in [0.3, 0.4) is 0 Å². The van der Waals surface area contributed by atoms with Crippen LogP contribution >= 0.6 is 0 Å². The van der Waals surface area contributed by atoms with Crippen molar-refractivity contribution in [2.45, 2.75) is 25.9 Å². The topological polar surface area (TPSA) is 64.3 Å². The van der Waals surface area contributed by atoms with Crippen LogP contribution in [0.25, 0.3) is 0 Å². The third kappa shape index (κ3) is 4.75. The number of hydrogen-bond acceptors (Lipinski definition) is 3. The van der Waals surface area contributed by atoms with Crippen molar-refractivity contribution >= 4 is 5.91 Å². The summed E-state index contributed by atoms with van der Waals surface area (Å²) in [6, 6.07) is -0.423. The van der Waals surface area contributed by atoms with E-state index in [1.54, 1.807) is 14.0 Å². The minimum Gasteiger partial charge on any atom is -0.383 e. The molecule has 0 aliphatic rings. The fraction of sp³-hybridized carbons (Fsp3) is 0.857. The van der Waals surface area contributed by atoms with Gasteiger partial charge in [0, 0.05) is 13.2 Å². The Kier molecular flexibility index (Phi) is 4.81. The molecule has 0 saturated heterocycles. The van der Waals surface area contributed by atoms with Gasteiger partial charge in [-0.2, -0.15) is 0 Å². The Morgan fingerprint density at radius 1 is 1.64 bits per heavy atom. The molecule has 0 heterocycles. The Morgan fingerprint density at radius 3 is 2.55 bits per heavy atom. The summed E-state index contributed by atoms with van der Waals surface area (Å²) < 4.78 is 4.83. The van der Waals surface area contributed by atoms with E-state index in [4.69, 9.17) is 10.5 Å². The van der Waals surface area contributed by atoms with Gasteiger partial charge < -0.3 is 15.8 Å². The fourth-order valence-electron chi connectivity index (χ4n) is 0.666. The molecule has 0 aromatic heterocycles. The summed E-state index contributed by atoms with van der Waals surface area (Å²) in [7, 11) is 1.59. The summed E-state index contributed by atoms with van der Waals surface area (Å²) in [6.45, 7) is 4.02. The van der Waals surface area contributed by atoms with E-state index in [1.807, 2.05) is 6.92 Å². The predicted octanol–water partition coefficient (Wildman–Crippen LogP) is -0.515. The third-order valence-corrected chi connectivity index (χ3v) is 1.22. The fourth-order valence-corrected chi connectivity index (χ4v) is 0.666. The van der Waals surface area contributed by atoms with E-state index in [-0.39, 0.29) is 11.9 Å². The van der Waals surface area contributed by atoms with E-state index in [2.05, 4.69) is 5.32 Å². The van der Waals surface area contributed by atoms with Gasteiger partial charge >= 0.3 is 0 Å². The molecule has 2 unspecified atom stereocenters. The number of methoxy groups -OCH3 is 1. The molecule has 0 spiro atoms. The Labute approximate surface area is 67.1 Å². The lowest BCUT2D eigenvalue weighted by Gasteiger charge is -2.13. The van der Waals surface area contributed by atoms with E-state index in [0.29, 0.717) is 6.61 Å². The molecule has 66 valence electrons. The molecule has 0 aliphatic carbocycles. The molecule has 0 aromatic rings. The minimum absolute atomic E-state index is 0.0264. The maximum Gasteiger partial charge on any atom is 0.236 e. The zero-order valence-electron chi connectivity index (χ0n) is 7.26. The number of hydrogen-bond donors (Lipinski definition) is 2. The number of rotatable bonds is 4. The Morgan fingerprint density at radius 2 is 2.18 bits per heavy atom. The van der Waals surface area contributed by atoms with Gasteiger partial charge in [-0.25, -0.2) is 0 Å². The van der Waals surface area contributed by atoms with E-state index in [1.165, 1.54) is 0 Å². The first kappa shape index (κ1) is 10.4. The SMILES string of the molecule is COCC(C)NC(=O)C(C)N. The second kappa shape index (κ2) is 5.09. The van der Waals surface area contributed by atoms with Gasteiger partial charge in [0.15, 0.2) is 0 Å². The molecular weight excluding hydrogens is 144 g/mol.